The zero-order chi connectivity index (χ0) is 21.0. The van der Waals surface area contributed by atoms with Gasteiger partial charge in [0, 0.05) is 0 Å². The van der Waals surface area contributed by atoms with Gasteiger partial charge in [-0.15, -0.1) is 0 Å². The second-order valence-electron chi connectivity index (χ2n) is 8.31. The highest BCUT2D eigenvalue weighted by Crippen LogP contribution is 2.39. The average molecular weight is 407 g/mol. The van der Waals surface area contributed by atoms with Gasteiger partial charge in [-0.05, 0) is 85.5 Å². The van der Waals surface area contributed by atoms with Gasteiger partial charge in [-0.2, -0.15) is 0 Å². The standard InChI is InChI=1S/C25H30F4/c1-3-5-19-14-15-21(25(29)24(19)28)18-9-6-16(7-10-18)8-11-20-13-12-17(4-2)22(26)23(20)27/h12-16,18H,3-11H2,1-2H3. The number of hydrogen-bond acceptors (Lipinski definition) is 0. The molecule has 3 rings (SSSR count). The predicted molar refractivity (Wildman–Crippen MR) is 109 cm³/mol. The van der Waals surface area contributed by atoms with E-state index in [0.29, 0.717) is 47.4 Å². The Balaban J connectivity index is 1.58. The zero-order valence-corrected chi connectivity index (χ0v) is 17.3. The summed E-state index contributed by atoms with van der Waals surface area (Å²) in [4.78, 5) is 0. The molecule has 0 heterocycles. The topological polar surface area (TPSA) is 0 Å². The molecule has 0 radical (unpaired) electrons. The average Bonchev–Trinajstić information content (AvgIpc) is 2.73. The smallest absolute Gasteiger partial charge is 0.162 e. The highest BCUT2D eigenvalue weighted by Gasteiger charge is 2.26. The molecular formula is C25H30F4. The van der Waals surface area contributed by atoms with Crippen LogP contribution in [0.3, 0.4) is 0 Å². The van der Waals surface area contributed by atoms with E-state index in [9.17, 15) is 17.6 Å². The molecule has 0 N–H and O–H groups in total. The molecule has 0 saturated heterocycles. The number of halogens is 4. The Morgan fingerprint density at radius 1 is 0.690 bits per heavy atom. The quantitative estimate of drug-likeness (QED) is 0.414. The van der Waals surface area contributed by atoms with Gasteiger partial charge >= 0.3 is 0 Å². The molecule has 0 spiro atoms. The van der Waals surface area contributed by atoms with Gasteiger partial charge in [0.25, 0.3) is 0 Å². The van der Waals surface area contributed by atoms with E-state index in [1.165, 1.54) is 0 Å². The minimum Gasteiger partial charge on any atom is -0.203 e. The van der Waals surface area contributed by atoms with E-state index >= 15 is 0 Å². The Hall–Kier alpha value is -1.84. The van der Waals surface area contributed by atoms with Crippen LogP contribution >= 0.6 is 0 Å². The normalized spacial score (nSPS) is 19.5. The van der Waals surface area contributed by atoms with Crippen LogP contribution in [0.15, 0.2) is 24.3 Å². The molecule has 1 aliphatic carbocycles. The molecule has 2 aromatic rings. The maximum Gasteiger partial charge on any atom is 0.162 e. The first kappa shape index (κ1) is 21.9. The lowest BCUT2D eigenvalue weighted by molar-refractivity contribution is 0.303. The van der Waals surface area contributed by atoms with Crippen LogP contribution in [0.2, 0.25) is 0 Å². The summed E-state index contributed by atoms with van der Waals surface area (Å²) in [5.41, 5.74) is 1.78. The van der Waals surface area contributed by atoms with Crippen LogP contribution in [0.4, 0.5) is 17.6 Å². The molecule has 0 bridgehead atoms. The Kier molecular flexibility index (Phi) is 7.37. The van der Waals surface area contributed by atoms with E-state index in [0.717, 1.165) is 38.5 Å². The first-order chi connectivity index (χ1) is 14.0. The lowest BCUT2D eigenvalue weighted by atomic mass is 9.76. The summed E-state index contributed by atoms with van der Waals surface area (Å²) in [6.07, 6.45) is 6.53. The predicted octanol–water partition coefficient (Wildman–Crippen LogP) is 7.66. The number of benzene rings is 2. The first-order valence-electron chi connectivity index (χ1n) is 10.9. The van der Waals surface area contributed by atoms with Crippen molar-refractivity contribution in [3.8, 4) is 0 Å². The second kappa shape index (κ2) is 9.77. The van der Waals surface area contributed by atoms with Crippen molar-refractivity contribution < 1.29 is 17.6 Å². The summed E-state index contributed by atoms with van der Waals surface area (Å²) >= 11 is 0. The summed E-state index contributed by atoms with van der Waals surface area (Å²) in [7, 11) is 0. The zero-order valence-electron chi connectivity index (χ0n) is 17.3. The van der Waals surface area contributed by atoms with Crippen LogP contribution in [0.5, 0.6) is 0 Å². The van der Waals surface area contributed by atoms with Gasteiger partial charge in [0.15, 0.2) is 23.3 Å². The van der Waals surface area contributed by atoms with Crippen LogP contribution in [0.1, 0.15) is 80.5 Å². The fraction of sp³-hybridized carbons (Fsp3) is 0.520. The van der Waals surface area contributed by atoms with Gasteiger partial charge in [0.2, 0.25) is 0 Å². The molecule has 0 nitrogen and oxygen atoms in total. The summed E-state index contributed by atoms with van der Waals surface area (Å²) in [6, 6.07) is 6.84. The SMILES string of the molecule is CCCc1ccc(C2CCC(CCc3ccc(CC)c(F)c3F)CC2)c(F)c1F. The Morgan fingerprint density at radius 3 is 1.90 bits per heavy atom. The van der Waals surface area contributed by atoms with E-state index in [4.69, 9.17) is 0 Å². The van der Waals surface area contributed by atoms with E-state index in [2.05, 4.69) is 0 Å². The Labute approximate surface area is 171 Å². The van der Waals surface area contributed by atoms with Crippen LogP contribution in [0, 0.1) is 29.2 Å². The summed E-state index contributed by atoms with van der Waals surface area (Å²) < 4.78 is 57.0. The lowest BCUT2D eigenvalue weighted by Crippen LogP contribution is -2.16. The molecule has 1 saturated carbocycles. The molecule has 1 aliphatic rings. The highest BCUT2D eigenvalue weighted by atomic mass is 19.2. The van der Waals surface area contributed by atoms with Gasteiger partial charge < -0.3 is 0 Å². The minimum atomic E-state index is -0.724. The van der Waals surface area contributed by atoms with Crippen molar-refractivity contribution in [2.45, 2.75) is 77.6 Å². The molecule has 0 unspecified atom stereocenters. The van der Waals surface area contributed by atoms with Gasteiger partial charge in [-0.3, -0.25) is 0 Å². The van der Waals surface area contributed by atoms with Gasteiger partial charge in [0.1, 0.15) is 0 Å². The Morgan fingerprint density at radius 2 is 1.24 bits per heavy atom. The molecule has 29 heavy (non-hydrogen) atoms. The minimum absolute atomic E-state index is 0.0365. The van der Waals surface area contributed by atoms with Crippen molar-refractivity contribution in [3.05, 3.63) is 69.8 Å². The molecular weight excluding hydrogens is 376 g/mol. The van der Waals surface area contributed by atoms with Crippen LogP contribution < -0.4 is 0 Å². The molecule has 0 aromatic heterocycles. The molecule has 0 aliphatic heterocycles. The highest BCUT2D eigenvalue weighted by molar-refractivity contribution is 5.30. The van der Waals surface area contributed by atoms with E-state index in [1.807, 2.05) is 13.8 Å². The van der Waals surface area contributed by atoms with Crippen molar-refractivity contribution in [1.82, 2.24) is 0 Å². The fourth-order valence-electron chi connectivity index (χ4n) is 4.60. The van der Waals surface area contributed by atoms with Crippen molar-refractivity contribution in [1.29, 1.82) is 0 Å². The summed E-state index contributed by atoms with van der Waals surface area (Å²) in [5, 5.41) is 0. The van der Waals surface area contributed by atoms with E-state index in [-0.39, 0.29) is 5.92 Å². The summed E-state index contributed by atoms with van der Waals surface area (Å²) in [5.74, 6) is -2.38. The van der Waals surface area contributed by atoms with Crippen molar-refractivity contribution in [2.75, 3.05) is 0 Å². The lowest BCUT2D eigenvalue weighted by Gasteiger charge is -2.29. The molecule has 0 atom stereocenters. The number of rotatable bonds is 7. The maximum absolute atomic E-state index is 14.5. The number of aryl methyl sites for hydroxylation is 3. The van der Waals surface area contributed by atoms with Crippen LogP contribution in [-0.4, -0.2) is 0 Å². The van der Waals surface area contributed by atoms with Crippen molar-refractivity contribution in [2.24, 2.45) is 5.92 Å². The van der Waals surface area contributed by atoms with Crippen molar-refractivity contribution in [3.63, 3.8) is 0 Å². The molecule has 4 heteroatoms. The Bertz CT molecular complexity index is 835. The van der Waals surface area contributed by atoms with E-state index < -0.39 is 23.3 Å². The molecule has 1 fully saturated rings. The maximum atomic E-state index is 14.5. The third kappa shape index (κ3) is 4.84. The summed E-state index contributed by atoms with van der Waals surface area (Å²) in [6.45, 7) is 3.76. The van der Waals surface area contributed by atoms with Crippen LogP contribution in [-0.2, 0) is 19.3 Å². The van der Waals surface area contributed by atoms with Crippen LogP contribution in [0.25, 0.3) is 0 Å². The first-order valence-corrected chi connectivity index (χ1v) is 10.9. The fourth-order valence-corrected chi connectivity index (χ4v) is 4.60. The van der Waals surface area contributed by atoms with Gasteiger partial charge in [-0.25, -0.2) is 17.6 Å². The second-order valence-corrected chi connectivity index (χ2v) is 8.31. The van der Waals surface area contributed by atoms with Gasteiger partial charge in [-0.1, -0.05) is 44.5 Å². The molecule has 2 aromatic carbocycles. The monoisotopic (exact) mass is 406 g/mol. The van der Waals surface area contributed by atoms with Gasteiger partial charge in [0.05, 0.1) is 0 Å². The van der Waals surface area contributed by atoms with Crippen molar-refractivity contribution >= 4 is 0 Å². The third-order valence-corrected chi connectivity index (χ3v) is 6.44. The number of hydrogen-bond donors (Lipinski definition) is 0. The van der Waals surface area contributed by atoms with E-state index in [1.54, 1.807) is 24.3 Å². The largest absolute Gasteiger partial charge is 0.203 e. The molecule has 0 amide bonds. The third-order valence-electron chi connectivity index (χ3n) is 6.44. The molecule has 158 valence electrons.